The fraction of sp³-hybridized carbons (Fsp3) is 0.368. The Hall–Kier alpha value is -3.16. The van der Waals surface area contributed by atoms with Crippen molar-refractivity contribution >= 4 is 28.5 Å². The standard InChI is InChI=1S/C19H21N5O3/c1-12(2)24-17-13(10-21-24)9-14(11-20-17)22-18(25)15-5-3-7-23(15)19(26)16-6-4-8-27-16/h4,6,8-12,15H,3,5,7H2,1-2H3,(H,22,25). The van der Waals surface area contributed by atoms with Gasteiger partial charge in [-0.1, -0.05) is 0 Å². The van der Waals surface area contributed by atoms with E-state index in [0.717, 1.165) is 17.5 Å². The normalized spacial score (nSPS) is 17.0. The molecular weight excluding hydrogens is 346 g/mol. The highest BCUT2D eigenvalue weighted by atomic mass is 16.3. The summed E-state index contributed by atoms with van der Waals surface area (Å²) in [5, 5.41) is 8.07. The number of amides is 2. The van der Waals surface area contributed by atoms with Crippen LogP contribution in [0.5, 0.6) is 0 Å². The summed E-state index contributed by atoms with van der Waals surface area (Å²) in [5.41, 5.74) is 1.37. The van der Waals surface area contributed by atoms with E-state index in [1.807, 2.05) is 24.6 Å². The van der Waals surface area contributed by atoms with Crippen LogP contribution >= 0.6 is 0 Å². The molecule has 1 saturated heterocycles. The first-order valence-electron chi connectivity index (χ1n) is 9.03. The number of nitrogens with zero attached hydrogens (tertiary/aromatic N) is 4. The Kier molecular flexibility index (Phi) is 4.39. The fourth-order valence-corrected chi connectivity index (χ4v) is 3.44. The summed E-state index contributed by atoms with van der Waals surface area (Å²) in [6, 6.07) is 4.81. The van der Waals surface area contributed by atoms with Gasteiger partial charge in [0.25, 0.3) is 5.91 Å². The van der Waals surface area contributed by atoms with Gasteiger partial charge in [-0.05, 0) is 44.9 Å². The van der Waals surface area contributed by atoms with Crippen molar-refractivity contribution in [1.82, 2.24) is 19.7 Å². The van der Waals surface area contributed by atoms with Crippen molar-refractivity contribution in [2.45, 2.75) is 38.8 Å². The molecule has 3 aromatic rings. The molecule has 1 aliphatic rings. The predicted octanol–water partition coefficient (Wildman–Crippen LogP) is 2.85. The molecule has 4 heterocycles. The lowest BCUT2D eigenvalue weighted by Gasteiger charge is -2.23. The Morgan fingerprint density at radius 1 is 1.33 bits per heavy atom. The van der Waals surface area contributed by atoms with E-state index in [1.54, 1.807) is 29.4 Å². The summed E-state index contributed by atoms with van der Waals surface area (Å²) in [7, 11) is 0. The molecule has 1 N–H and O–H groups in total. The Morgan fingerprint density at radius 2 is 2.19 bits per heavy atom. The third kappa shape index (κ3) is 3.18. The highest BCUT2D eigenvalue weighted by Gasteiger charge is 2.35. The maximum Gasteiger partial charge on any atom is 0.290 e. The first-order chi connectivity index (χ1) is 13.0. The first-order valence-corrected chi connectivity index (χ1v) is 9.03. The number of aromatic nitrogens is 3. The lowest BCUT2D eigenvalue weighted by molar-refractivity contribution is -0.119. The monoisotopic (exact) mass is 367 g/mol. The third-order valence-corrected chi connectivity index (χ3v) is 4.74. The number of hydrogen-bond acceptors (Lipinski definition) is 5. The average molecular weight is 367 g/mol. The summed E-state index contributed by atoms with van der Waals surface area (Å²) in [6.45, 7) is 4.61. The molecule has 1 unspecified atom stereocenters. The van der Waals surface area contributed by atoms with Gasteiger partial charge in [-0.15, -0.1) is 0 Å². The molecule has 1 atom stereocenters. The lowest BCUT2D eigenvalue weighted by atomic mass is 10.2. The van der Waals surface area contributed by atoms with Crippen LogP contribution in [0.4, 0.5) is 5.69 Å². The zero-order chi connectivity index (χ0) is 19.0. The van der Waals surface area contributed by atoms with Crippen LogP contribution in [-0.2, 0) is 4.79 Å². The second-order valence-corrected chi connectivity index (χ2v) is 6.94. The number of fused-ring (bicyclic) bond motifs is 1. The fourth-order valence-electron chi connectivity index (χ4n) is 3.44. The molecule has 2 amide bonds. The largest absolute Gasteiger partial charge is 0.459 e. The van der Waals surface area contributed by atoms with Crippen molar-refractivity contribution < 1.29 is 14.0 Å². The molecule has 1 aliphatic heterocycles. The van der Waals surface area contributed by atoms with Crippen molar-refractivity contribution in [3.05, 3.63) is 42.6 Å². The quantitative estimate of drug-likeness (QED) is 0.765. The number of carbonyl (C=O) groups is 2. The van der Waals surface area contributed by atoms with E-state index in [0.29, 0.717) is 18.7 Å². The first kappa shape index (κ1) is 17.3. The minimum Gasteiger partial charge on any atom is -0.459 e. The van der Waals surface area contributed by atoms with Gasteiger partial charge in [-0.2, -0.15) is 5.10 Å². The minimum absolute atomic E-state index is 0.204. The second kappa shape index (κ2) is 6.86. The Labute approximate surface area is 156 Å². The van der Waals surface area contributed by atoms with Crippen LogP contribution in [-0.4, -0.2) is 44.1 Å². The van der Waals surface area contributed by atoms with Gasteiger partial charge >= 0.3 is 0 Å². The number of likely N-dealkylation sites (tertiary alicyclic amines) is 1. The summed E-state index contributed by atoms with van der Waals surface area (Å²) < 4.78 is 7.02. The number of carbonyl (C=O) groups excluding carboxylic acids is 2. The smallest absolute Gasteiger partial charge is 0.290 e. The van der Waals surface area contributed by atoms with Crippen LogP contribution in [0.15, 0.2) is 41.3 Å². The SMILES string of the molecule is CC(C)n1ncc2cc(NC(=O)C3CCCN3C(=O)c3ccco3)cnc21. The molecule has 27 heavy (non-hydrogen) atoms. The molecule has 3 aromatic heterocycles. The van der Waals surface area contributed by atoms with Gasteiger partial charge in [0, 0.05) is 18.0 Å². The maximum absolute atomic E-state index is 12.8. The molecule has 0 saturated carbocycles. The molecule has 0 radical (unpaired) electrons. The molecular formula is C19H21N5O3. The molecule has 4 rings (SSSR count). The molecule has 8 heteroatoms. The van der Waals surface area contributed by atoms with Crippen molar-refractivity contribution in [3.8, 4) is 0 Å². The Bertz CT molecular complexity index is 977. The van der Waals surface area contributed by atoms with Crippen molar-refractivity contribution in [3.63, 3.8) is 0 Å². The van der Waals surface area contributed by atoms with E-state index >= 15 is 0 Å². The van der Waals surface area contributed by atoms with Gasteiger partial charge in [-0.25, -0.2) is 9.67 Å². The molecule has 140 valence electrons. The van der Waals surface area contributed by atoms with Crippen LogP contribution in [0, 0.1) is 0 Å². The van der Waals surface area contributed by atoms with E-state index in [2.05, 4.69) is 15.4 Å². The van der Waals surface area contributed by atoms with Gasteiger partial charge in [0.15, 0.2) is 11.4 Å². The van der Waals surface area contributed by atoms with Gasteiger partial charge in [0.2, 0.25) is 5.91 Å². The average Bonchev–Trinajstić information content (AvgIpc) is 3.39. The second-order valence-electron chi connectivity index (χ2n) is 6.94. The van der Waals surface area contributed by atoms with Gasteiger partial charge in [-0.3, -0.25) is 9.59 Å². The van der Waals surface area contributed by atoms with Crippen LogP contribution in [0.1, 0.15) is 43.3 Å². The Balaban J connectivity index is 1.51. The zero-order valence-corrected chi connectivity index (χ0v) is 15.3. The van der Waals surface area contributed by atoms with Crippen molar-refractivity contribution in [2.75, 3.05) is 11.9 Å². The van der Waals surface area contributed by atoms with E-state index in [-0.39, 0.29) is 23.6 Å². The molecule has 0 aliphatic carbocycles. The van der Waals surface area contributed by atoms with Crippen molar-refractivity contribution in [2.24, 2.45) is 0 Å². The highest BCUT2D eigenvalue weighted by Crippen LogP contribution is 2.23. The van der Waals surface area contributed by atoms with Crippen LogP contribution < -0.4 is 5.32 Å². The molecule has 8 nitrogen and oxygen atoms in total. The van der Waals surface area contributed by atoms with Gasteiger partial charge in [0.05, 0.1) is 24.3 Å². The molecule has 0 aromatic carbocycles. The summed E-state index contributed by atoms with van der Waals surface area (Å²) in [4.78, 5) is 31.3. The molecule has 1 fully saturated rings. The van der Waals surface area contributed by atoms with Gasteiger partial charge < -0.3 is 14.6 Å². The predicted molar refractivity (Wildman–Crippen MR) is 99.3 cm³/mol. The van der Waals surface area contributed by atoms with Crippen LogP contribution in [0.25, 0.3) is 11.0 Å². The number of furan rings is 1. The summed E-state index contributed by atoms with van der Waals surface area (Å²) in [5.74, 6) is -0.229. The third-order valence-electron chi connectivity index (χ3n) is 4.74. The van der Waals surface area contributed by atoms with E-state index in [4.69, 9.17) is 4.42 Å². The van der Waals surface area contributed by atoms with Crippen LogP contribution in [0.3, 0.4) is 0 Å². The van der Waals surface area contributed by atoms with E-state index in [9.17, 15) is 9.59 Å². The highest BCUT2D eigenvalue weighted by molar-refractivity contribution is 6.01. The molecule has 0 spiro atoms. The number of nitrogens with one attached hydrogen (secondary N) is 1. The van der Waals surface area contributed by atoms with E-state index < -0.39 is 6.04 Å². The van der Waals surface area contributed by atoms with Crippen molar-refractivity contribution in [1.29, 1.82) is 0 Å². The summed E-state index contributed by atoms with van der Waals surface area (Å²) in [6.07, 6.45) is 6.22. The topological polar surface area (TPSA) is 93.3 Å². The van der Waals surface area contributed by atoms with Crippen LogP contribution in [0.2, 0.25) is 0 Å². The number of rotatable bonds is 4. The maximum atomic E-state index is 12.8. The minimum atomic E-state index is -0.517. The van der Waals surface area contributed by atoms with Gasteiger partial charge in [0.1, 0.15) is 6.04 Å². The zero-order valence-electron chi connectivity index (χ0n) is 15.3. The molecule has 0 bridgehead atoms. The Morgan fingerprint density at radius 3 is 2.93 bits per heavy atom. The number of pyridine rings is 1. The number of anilines is 1. The lowest BCUT2D eigenvalue weighted by Crippen LogP contribution is -2.43. The van der Waals surface area contributed by atoms with E-state index in [1.165, 1.54) is 6.26 Å². The number of hydrogen-bond donors (Lipinski definition) is 1. The summed E-state index contributed by atoms with van der Waals surface area (Å²) >= 11 is 0.